The van der Waals surface area contributed by atoms with Crippen molar-refractivity contribution < 1.29 is 14.3 Å². The van der Waals surface area contributed by atoms with Gasteiger partial charge in [-0.1, -0.05) is 30.3 Å². The zero-order valence-corrected chi connectivity index (χ0v) is 14.0. The van der Waals surface area contributed by atoms with Gasteiger partial charge in [0.1, 0.15) is 0 Å². The van der Waals surface area contributed by atoms with E-state index in [0.717, 1.165) is 10.9 Å². The molecule has 0 fully saturated rings. The molecule has 5 heteroatoms. The van der Waals surface area contributed by atoms with E-state index in [2.05, 4.69) is 20.9 Å². The third kappa shape index (κ3) is 3.05. The number of halogens is 1. The molecule has 0 unspecified atom stereocenters. The Labute approximate surface area is 141 Å². The number of esters is 1. The molecule has 0 amide bonds. The van der Waals surface area contributed by atoms with E-state index in [1.165, 1.54) is 0 Å². The quantitative estimate of drug-likeness (QED) is 0.547. The molecule has 0 aliphatic carbocycles. The zero-order chi connectivity index (χ0) is 16.4. The lowest BCUT2D eigenvalue weighted by Crippen LogP contribution is -2.24. The summed E-state index contributed by atoms with van der Waals surface area (Å²) in [6.07, 6.45) is 0.782. The van der Waals surface area contributed by atoms with Crippen molar-refractivity contribution in [2.45, 2.75) is 13.0 Å². The second-order valence-electron chi connectivity index (χ2n) is 5.14. The third-order valence-corrected chi connectivity index (χ3v) is 4.29. The molecule has 1 heterocycles. The molecule has 0 bridgehead atoms. The van der Waals surface area contributed by atoms with Gasteiger partial charge in [0.25, 0.3) is 0 Å². The molecule has 0 saturated heterocycles. The standard InChI is InChI=1S/C18H14BrNO3/c1-11(23-18(22)13-7-2-4-8-15(13)19)17(21)14-10-20-16-9-5-3-6-12(14)16/h2-11,20H,1H3/t11-/m0/s1. The largest absolute Gasteiger partial charge is 0.451 e. The van der Waals surface area contributed by atoms with Crippen molar-refractivity contribution in [3.63, 3.8) is 0 Å². The molecule has 0 aliphatic rings. The van der Waals surface area contributed by atoms with Crippen molar-refractivity contribution in [3.05, 3.63) is 70.3 Å². The monoisotopic (exact) mass is 371 g/mol. The van der Waals surface area contributed by atoms with Crippen LogP contribution in [0.1, 0.15) is 27.6 Å². The number of para-hydroxylation sites is 1. The maximum absolute atomic E-state index is 12.6. The van der Waals surface area contributed by atoms with Gasteiger partial charge in [0.05, 0.1) is 5.56 Å². The van der Waals surface area contributed by atoms with Crippen LogP contribution in [-0.2, 0) is 4.74 Å². The van der Waals surface area contributed by atoms with Crippen LogP contribution in [0.15, 0.2) is 59.2 Å². The van der Waals surface area contributed by atoms with Crippen molar-refractivity contribution in [2.75, 3.05) is 0 Å². The molecular weight excluding hydrogens is 358 g/mol. The van der Waals surface area contributed by atoms with E-state index in [1.54, 1.807) is 37.4 Å². The lowest BCUT2D eigenvalue weighted by atomic mass is 10.1. The number of benzene rings is 2. The summed E-state index contributed by atoms with van der Waals surface area (Å²) < 4.78 is 5.96. The van der Waals surface area contributed by atoms with Crippen LogP contribution in [-0.4, -0.2) is 22.8 Å². The molecule has 0 radical (unpaired) electrons. The summed E-state index contributed by atoms with van der Waals surface area (Å²) in [6.45, 7) is 1.58. The number of carbonyl (C=O) groups is 2. The van der Waals surface area contributed by atoms with Gasteiger partial charge < -0.3 is 9.72 Å². The Hall–Kier alpha value is -2.40. The summed E-state index contributed by atoms with van der Waals surface area (Å²) in [5, 5.41) is 0.821. The molecule has 4 nitrogen and oxygen atoms in total. The summed E-state index contributed by atoms with van der Waals surface area (Å²) in [4.78, 5) is 27.8. The van der Waals surface area contributed by atoms with Crippen molar-refractivity contribution in [1.29, 1.82) is 0 Å². The van der Waals surface area contributed by atoms with Gasteiger partial charge in [0, 0.05) is 27.1 Å². The number of aromatic amines is 1. The van der Waals surface area contributed by atoms with Gasteiger partial charge in [0.15, 0.2) is 6.10 Å². The number of rotatable bonds is 4. The number of fused-ring (bicyclic) bond motifs is 1. The van der Waals surface area contributed by atoms with Crippen LogP contribution in [0.3, 0.4) is 0 Å². The second-order valence-corrected chi connectivity index (χ2v) is 5.99. The highest BCUT2D eigenvalue weighted by atomic mass is 79.9. The maximum Gasteiger partial charge on any atom is 0.339 e. The Morgan fingerprint density at radius 3 is 2.52 bits per heavy atom. The van der Waals surface area contributed by atoms with Crippen LogP contribution >= 0.6 is 15.9 Å². The van der Waals surface area contributed by atoms with Crippen LogP contribution in [0.4, 0.5) is 0 Å². The number of aromatic nitrogens is 1. The maximum atomic E-state index is 12.6. The molecule has 3 aromatic rings. The van der Waals surface area contributed by atoms with Crippen LogP contribution in [0.5, 0.6) is 0 Å². The summed E-state index contributed by atoms with van der Waals surface area (Å²) in [5.41, 5.74) is 1.79. The van der Waals surface area contributed by atoms with Crippen molar-refractivity contribution in [1.82, 2.24) is 4.98 Å². The van der Waals surface area contributed by atoms with E-state index < -0.39 is 12.1 Å². The minimum Gasteiger partial charge on any atom is -0.451 e. The highest BCUT2D eigenvalue weighted by molar-refractivity contribution is 9.10. The lowest BCUT2D eigenvalue weighted by molar-refractivity contribution is 0.0318. The normalized spacial score (nSPS) is 12.1. The first-order valence-electron chi connectivity index (χ1n) is 7.14. The second kappa shape index (κ2) is 6.38. The first-order chi connectivity index (χ1) is 11.1. The highest BCUT2D eigenvalue weighted by Gasteiger charge is 2.23. The van der Waals surface area contributed by atoms with Gasteiger partial charge in [-0.2, -0.15) is 0 Å². The number of hydrogen-bond donors (Lipinski definition) is 1. The Morgan fingerprint density at radius 2 is 1.74 bits per heavy atom. The zero-order valence-electron chi connectivity index (χ0n) is 12.4. The summed E-state index contributed by atoms with van der Waals surface area (Å²) in [6, 6.07) is 14.5. The highest BCUT2D eigenvalue weighted by Crippen LogP contribution is 2.21. The molecule has 1 N–H and O–H groups in total. The average Bonchev–Trinajstić information content (AvgIpc) is 2.98. The van der Waals surface area contributed by atoms with E-state index >= 15 is 0 Å². The fraction of sp³-hybridized carbons (Fsp3) is 0.111. The van der Waals surface area contributed by atoms with Crippen LogP contribution in [0, 0.1) is 0 Å². The Bertz CT molecular complexity index is 885. The Kier molecular flexibility index (Phi) is 4.30. The average molecular weight is 372 g/mol. The molecule has 1 aromatic heterocycles. The molecule has 1 atom stereocenters. The smallest absolute Gasteiger partial charge is 0.339 e. The van der Waals surface area contributed by atoms with E-state index in [4.69, 9.17) is 4.74 Å². The Balaban J connectivity index is 1.80. The third-order valence-electron chi connectivity index (χ3n) is 3.60. The van der Waals surface area contributed by atoms with Crippen molar-refractivity contribution >= 4 is 38.6 Å². The minimum atomic E-state index is -0.867. The van der Waals surface area contributed by atoms with Gasteiger partial charge in [-0.15, -0.1) is 0 Å². The molecule has 3 rings (SSSR count). The number of H-pyrrole nitrogens is 1. The number of ketones is 1. The van der Waals surface area contributed by atoms with Gasteiger partial charge in [-0.25, -0.2) is 4.79 Å². The van der Waals surface area contributed by atoms with E-state index in [9.17, 15) is 9.59 Å². The minimum absolute atomic E-state index is 0.233. The number of hydrogen-bond acceptors (Lipinski definition) is 3. The molecule has 0 saturated carbocycles. The number of ether oxygens (including phenoxy) is 1. The first kappa shape index (κ1) is 15.5. The number of carbonyl (C=O) groups excluding carboxylic acids is 2. The van der Waals surface area contributed by atoms with Crippen LogP contribution in [0.25, 0.3) is 10.9 Å². The number of nitrogens with one attached hydrogen (secondary N) is 1. The fourth-order valence-electron chi connectivity index (χ4n) is 2.40. The van der Waals surface area contributed by atoms with Gasteiger partial charge in [0.2, 0.25) is 5.78 Å². The van der Waals surface area contributed by atoms with Gasteiger partial charge in [-0.3, -0.25) is 4.79 Å². The van der Waals surface area contributed by atoms with Crippen molar-refractivity contribution in [2.24, 2.45) is 0 Å². The van der Waals surface area contributed by atoms with Crippen LogP contribution in [0.2, 0.25) is 0 Å². The first-order valence-corrected chi connectivity index (χ1v) is 7.93. The molecule has 116 valence electrons. The molecule has 2 aromatic carbocycles. The predicted molar refractivity (Wildman–Crippen MR) is 91.6 cm³/mol. The molecular formula is C18H14BrNO3. The molecule has 23 heavy (non-hydrogen) atoms. The molecule has 0 spiro atoms. The topological polar surface area (TPSA) is 59.2 Å². The molecule has 0 aliphatic heterocycles. The Morgan fingerprint density at radius 1 is 1.04 bits per heavy atom. The van der Waals surface area contributed by atoms with Gasteiger partial charge in [-0.05, 0) is 41.1 Å². The summed E-state index contributed by atoms with van der Waals surface area (Å²) in [7, 11) is 0. The van der Waals surface area contributed by atoms with E-state index in [1.807, 2.05) is 24.3 Å². The SMILES string of the molecule is C[C@H](OC(=O)c1ccccc1Br)C(=O)c1c[nH]c2ccccc12. The lowest BCUT2D eigenvalue weighted by Gasteiger charge is -2.12. The number of Topliss-reactive ketones (excluding diaryl/α,β-unsaturated/α-hetero) is 1. The summed E-state index contributed by atoms with van der Waals surface area (Å²) in [5.74, 6) is -0.763. The predicted octanol–water partition coefficient (Wildman–Crippen LogP) is 4.36. The summed E-state index contributed by atoms with van der Waals surface area (Å²) >= 11 is 3.30. The fourth-order valence-corrected chi connectivity index (χ4v) is 2.85. The van der Waals surface area contributed by atoms with E-state index in [0.29, 0.717) is 15.6 Å². The van der Waals surface area contributed by atoms with Gasteiger partial charge >= 0.3 is 5.97 Å². The van der Waals surface area contributed by atoms with E-state index in [-0.39, 0.29) is 5.78 Å². The van der Waals surface area contributed by atoms with Crippen molar-refractivity contribution in [3.8, 4) is 0 Å². The van der Waals surface area contributed by atoms with Crippen LogP contribution < -0.4 is 0 Å².